The summed E-state index contributed by atoms with van der Waals surface area (Å²) < 4.78 is 15.1. The normalized spacial score (nSPS) is 10.5. The van der Waals surface area contributed by atoms with E-state index < -0.39 is 0 Å². The maximum absolute atomic E-state index is 11.2. The third-order valence-corrected chi connectivity index (χ3v) is 3.69. The lowest BCUT2D eigenvalue weighted by Crippen LogP contribution is -2.01. The van der Waals surface area contributed by atoms with Crippen LogP contribution in [-0.2, 0) is 31.9 Å². The quantitative estimate of drug-likeness (QED) is 0.545. The van der Waals surface area contributed by atoms with Gasteiger partial charge in [0.15, 0.2) is 0 Å². The highest BCUT2D eigenvalue weighted by Crippen LogP contribution is 2.24. The molecule has 0 aliphatic carbocycles. The highest BCUT2D eigenvalue weighted by atomic mass is 16.5. The first-order valence-corrected chi connectivity index (χ1v) is 7.21. The van der Waals surface area contributed by atoms with Crippen LogP contribution in [0.1, 0.15) is 48.3 Å². The molecule has 0 aromatic carbocycles. The summed E-state index contributed by atoms with van der Waals surface area (Å²) in [6, 6.07) is 0. The van der Waals surface area contributed by atoms with Crippen LogP contribution in [-0.4, -0.2) is 26.2 Å². The zero-order valence-electron chi connectivity index (χ0n) is 13.3. The van der Waals surface area contributed by atoms with Crippen molar-refractivity contribution >= 4 is 11.9 Å². The van der Waals surface area contributed by atoms with E-state index in [0.29, 0.717) is 19.3 Å². The van der Waals surface area contributed by atoms with Crippen LogP contribution in [0.3, 0.4) is 0 Å². The molecule has 1 aromatic rings. The molecule has 0 unspecified atom stereocenters. The molecule has 0 fully saturated rings. The van der Waals surface area contributed by atoms with Crippen molar-refractivity contribution in [2.75, 3.05) is 14.2 Å². The van der Waals surface area contributed by atoms with Crippen molar-refractivity contribution in [2.45, 2.75) is 52.4 Å². The van der Waals surface area contributed by atoms with Gasteiger partial charge in [0.2, 0.25) is 0 Å². The van der Waals surface area contributed by atoms with Gasteiger partial charge in [-0.2, -0.15) is 0 Å². The van der Waals surface area contributed by atoms with Crippen LogP contribution in [0.4, 0.5) is 0 Å². The van der Waals surface area contributed by atoms with E-state index >= 15 is 0 Å². The van der Waals surface area contributed by atoms with Gasteiger partial charge in [-0.05, 0) is 37.8 Å². The molecular weight excluding hydrogens is 272 g/mol. The number of furan rings is 1. The Morgan fingerprint density at radius 2 is 1.38 bits per heavy atom. The first-order valence-electron chi connectivity index (χ1n) is 7.21. The Hall–Kier alpha value is -1.78. The van der Waals surface area contributed by atoms with E-state index in [2.05, 4.69) is 9.47 Å². The number of hydrogen-bond acceptors (Lipinski definition) is 5. The Kier molecular flexibility index (Phi) is 6.99. The van der Waals surface area contributed by atoms with Crippen molar-refractivity contribution in [3.05, 3.63) is 22.6 Å². The third-order valence-electron chi connectivity index (χ3n) is 3.69. The van der Waals surface area contributed by atoms with Crippen molar-refractivity contribution in [2.24, 2.45) is 0 Å². The SMILES string of the molecule is COC(=O)CCCCc1oc(CCC(=O)OC)c(C)c1C. The van der Waals surface area contributed by atoms with E-state index in [4.69, 9.17) is 4.42 Å². The lowest BCUT2D eigenvalue weighted by Gasteiger charge is -2.00. The molecule has 0 aliphatic heterocycles. The van der Waals surface area contributed by atoms with E-state index in [1.165, 1.54) is 14.2 Å². The first-order chi connectivity index (χ1) is 9.99. The largest absolute Gasteiger partial charge is 0.469 e. The molecule has 1 aromatic heterocycles. The first kappa shape index (κ1) is 17.3. The second-order valence-electron chi connectivity index (χ2n) is 5.06. The highest BCUT2D eigenvalue weighted by Gasteiger charge is 2.14. The average Bonchev–Trinajstić information content (AvgIpc) is 2.76. The predicted molar refractivity (Wildman–Crippen MR) is 78.1 cm³/mol. The summed E-state index contributed by atoms with van der Waals surface area (Å²) in [4.78, 5) is 22.2. The number of carbonyl (C=O) groups is 2. The van der Waals surface area contributed by atoms with Crippen LogP contribution in [0.15, 0.2) is 4.42 Å². The van der Waals surface area contributed by atoms with Gasteiger partial charge in [-0.1, -0.05) is 0 Å². The molecule has 0 spiro atoms. The number of ether oxygens (including phenoxy) is 2. The van der Waals surface area contributed by atoms with Gasteiger partial charge >= 0.3 is 11.9 Å². The van der Waals surface area contributed by atoms with Crippen molar-refractivity contribution in [3.8, 4) is 0 Å². The molecule has 0 aliphatic rings. The summed E-state index contributed by atoms with van der Waals surface area (Å²) in [5, 5.41) is 0. The Morgan fingerprint density at radius 3 is 1.95 bits per heavy atom. The van der Waals surface area contributed by atoms with E-state index in [1.807, 2.05) is 13.8 Å². The van der Waals surface area contributed by atoms with Crippen LogP contribution in [0.2, 0.25) is 0 Å². The summed E-state index contributed by atoms with van der Waals surface area (Å²) in [6.45, 7) is 4.03. The van der Waals surface area contributed by atoms with E-state index in [1.54, 1.807) is 0 Å². The van der Waals surface area contributed by atoms with Crippen LogP contribution >= 0.6 is 0 Å². The van der Waals surface area contributed by atoms with Gasteiger partial charge in [0, 0.05) is 19.3 Å². The van der Waals surface area contributed by atoms with E-state index in [9.17, 15) is 9.59 Å². The van der Waals surface area contributed by atoms with Crippen LogP contribution in [0.5, 0.6) is 0 Å². The molecule has 5 nitrogen and oxygen atoms in total. The molecule has 0 atom stereocenters. The minimum atomic E-state index is -0.233. The summed E-state index contributed by atoms with van der Waals surface area (Å²) >= 11 is 0. The Labute approximate surface area is 125 Å². The third kappa shape index (κ3) is 5.25. The standard InChI is InChI=1S/C16H24O5/c1-11-12(2)14(9-10-16(18)20-4)21-13(11)7-5-6-8-15(17)19-3/h5-10H2,1-4H3. The maximum atomic E-state index is 11.2. The van der Waals surface area contributed by atoms with Crippen LogP contribution in [0, 0.1) is 13.8 Å². The summed E-state index contributed by atoms with van der Waals surface area (Å²) in [7, 11) is 2.78. The molecule has 21 heavy (non-hydrogen) atoms. The molecular formula is C16H24O5. The van der Waals surface area contributed by atoms with E-state index in [-0.39, 0.29) is 11.9 Å². The lowest BCUT2D eigenvalue weighted by atomic mass is 10.1. The summed E-state index contributed by atoms with van der Waals surface area (Å²) in [6.07, 6.45) is 3.77. The maximum Gasteiger partial charge on any atom is 0.305 e. The number of unbranched alkanes of at least 4 members (excludes halogenated alkanes) is 1. The Morgan fingerprint density at radius 1 is 0.857 bits per heavy atom. The summed E-state index contributed by atoms with van der Waals surface area (Å²) in [5.41, 5.74) is 2.23. The zero-order chi connectivity index (χ0) is 15.8. The molecule has 0 bridgehead atoms. The van der Waals surface area contributed by atoms with Gasteiger partial charge in [-0.25, -0.2) is 0 Å². The molecule has 0 amide bonds. The molecule has 0 saturated heterocycles. The number of methoxy groups -OCH3 is 2. The van der Waals surface area contributed by atoms with Gasteiger partial charge in [-0.15, -0.1) is 0 Å². The number of rotatable bonds is 8. The average molecular weight is 296 g/mol. The number of carbonyl (C=O) groups excluding carboxylic acids is 2. The molecule has 0 saturated carbocycles. The van der Waals surface area contributed by atoms with Gasteiger partial charge in [0.05, 0.1) is 20.6 Å². The minimum absolute atomic E-state index is 0.180. The molecule has 118 valence electrons. The lowest BCUT2D eigenvalue weighted by molar-refractivity contribution is -0.141. The van der Waals surface area contributed by atoms with Crippen molar-refractivity contribution in [1.82, 2.24) is 0 Å². The topological polar surface area (TPSA) is 65.7 Å². The second-order valence-corrected chi connectivity index (χ2v) is 5.06. The van der Waals surface area contributed by atoms with Gasteiger partial charge < -0.3 is 13.9 Å². The second kappa shape index (κ2) is 8.49. The molecule has 1 heterocycles. The fourth-order valence-corrected chi connectivity index (χ4v) is 2.17. The smallest absolute Gasteiger partial charge is 0.305 e. The fraction of sp³-hybridized carbons (Fsp3) is 0.625. The predicted octanol–water partition coefficient (Wildman–Crippen LogP) is 2.89. The zero-order valence-corrected chi connectivity index (χ0v) is 13.3. The van der Waals surface area contributed by atoms with Crippen LogP contribution < -0.4 is 0 Å². The molecule has 0 N–H and O–H groups in total. The molecule has 5 heteroatoms. The Bertz CT molecular complexity index is 487. The van der Waals surface area contributed by atoms with Crippen LogP contribution in [0.25, 0.3) is 0 Å². The van der Waals surface area contributed by atoms with Crippen molar-refractivity contribution in [3.63, 3.8) is 0 Å². The van der Waals surface area contributed by atoms with Crippen molar-refractivity contribution < 1.29 is 23.5 Å². The number of hydrogen-bond donors (Lipinski definition) is 0. The minimum Gasteiger partial charge on any atom is -0.469 e. The fourth-order valence-electron chi connectivity index (χ4n) is 2.17. The van der Waals surface area contributed by atoms with Crippen molar-refractivity contribution in [1.29, 1.82) is 0 Å². The highest BCUT2D eigenvalue weighted by molar-refractivity contribution is 5.69. The van der Waals surface area contributed by atoms with Gasteiger partial charge in [-0.3, -0.25) is 9.59 Å². The molecule has 1 rings (SSSR count). The number of aryl methyl sites for hydroxylation is 2. The monoisotopic (exact) mass is 296 g/mol. The van der Waals surface area contributed by atoms with E-state index in [0.717, 1.165) is 41.9 Å². The summed E-state index contributed by atoms with van der Waals surface area (Å²) in [5.74, 6) is 1.38. The number of esters is 2. The van der Waals surface area contributed by atoms with Gasteiger partial charge in [0.1, 0.15) is 11.5 Å². The van der Waals surface area contributed by atoms with Gasteiger partial charge in [0.25, 0.3) is 0 Å². The Balaban J connectivity index is 2.51. The molecule has 0 radical (unpaired) electrons.